The third-order valence-corrected chi connectivity index (χ3v) is 5.17. The summed E-state index contributed by atoms with van der Waals surface area (Å²) in [5, 5.41) is 14.1. The van der Waals surface area contributed by atoms with E-state index in [0.717, 1.165) is 30.8 Å². The summed E-state index contributed by atoms with van der Waals surface area (Å²) in [6, 6.07) is 8.90. The summed E-state index contributed by atoms with van der Waals surface area (Å²) < 4.78 is 7.62. The molecule has 2 fully saturated rings. The monoisotopic (exact) mass is 356 g/mol. The van der Waals surface area contributed by atoms with Crippen molar-refractivity contribution in [2.24, 2.45) is 7.05 Å². The van der Waals surface area contributed by atoms with Crippen LogP contribution in [0.25, 0.3) is 0 Å². The maximum absolute atomic E-state index is 13.1. The van der Waals surface area contributed by atoms with Gasteiger partial charge in [0.05, 0.1) is 18.8 Å². The van der Waals surface area contributed by atoms with Crippen LogP contribution >= 0.6 is 0 Å². The fraction of sp³-hybridized carbons (Fsp3) is 0.474. The van der Waals surface area contributed by atoms with Crippen molar-refractivity contribution in [3.05, 3.63) is 42.1 Å². The van der Waals surface area contributed by atoms with Crippen molar-refractivity contribution in [3.63, 3.8) is 0 Å². The Morgan fingerprint density at radius 2 is 2.15 bits per heavy atom. The normalized spacial score (nSPS) is 24.8. The van der Waals surface area contributed by atoms with E-state index < -0.39 is 0 Å². The van der Waals surface area contributed by atoms with Crippen LogP contribution in [-0.4, -0.2) is 58.0 Å². The molecule has 0 bridgehead atoms. The molecule has 1 aromatic carbocycles. The van der Waals surface area contributed by atoms with Crippen molar-refractivity contribution in [2.45, 2.75) is 25.0 Å². The fourth-order valence-corrected chi connectivity index (χ4v) is 3.85. The summed E-state index contributed by atoms with van der Waals surface area (Å²) in [5.41, 5.74) is 0.944. The van der Waals surface area contributed by atoms with Crippen molar-refractivity contribution in [3.8, 4) is 5.75 Å². The lowest BCUT2D eigenvalue weighted by molar-refractivity contribution is -0.129. The number of hydrogen-bond donors (Lipinski definition) is 1. The highest BCUT2D eigenvalue weighted by Gasteiger charge is 2.37. The molecule has 7 nitrogen and oxygen atoms in total. The van der Waals surface area contributed by atoms with Gasteiger partial charge in [-0.15, -0.1) is 0 Å². The predicted octanol–water partition coefficient (Wildman–Crippen LogP) is 1.69. The van der Waals surface area contributed by atoms with Crippen molar-refractivity contribution in [2.75, 3.05) is 31.1 Å². The van der Waals surface area contributed by atoms with Gasteiger partial charge in [0, 0.05) is 38.9 Å². The van der Waals surface area contributed by atoms with Crippen LogP contribution in [0.15, 0.2) is 36.5 Å². The Balaban J connectivity index is 1.50. The maximum Gasteiger partial charge on any atom is 0.245 e. The molecule has 2 aromatic rings. The van der Waals surface area contributed by atoms with Gasteiger partial charge in [-0.3, -0.25) is 19.3 Å². The number of phenolic OH excluding ortho intramolecular Hbond substituents is 1. The van der Waals surface area contributed by atoms with Gasteiger partial charge in [0.2, 0.25) is 5.91 Å². The molecule has 0 saturated carbocycles. The predicted molar refractivity (Wildman–Crippen MR) is 97.0 cm³/mol. The number of ether oxygens (including phenoxy) is 1. The summed E-state index contributed by atoms with van der Waals surface area (Å²) in [4.78, 5) is 17.1. The van der Waals surface area contributed by atoms with Gasteiger partial charge >= 0.3 is 0 Å². The van der Waals surface area contributed by atoms with E-state index in [9.17, 15) is 9.90 Å². The molecule has 1 aromatic heterocycles. The SMILES string of the molecule is Cn1ccc(N2CCCC(N3CCOC(c4cccc(O)c4)C3)C2=O)n1. The number of rotatable bonds is 3. The number of aromatic hydroxyl groups is 1. The van der Waals surface area contributed by atoms with E-state index in [1.807, 2.05) is 31.4 Å². The van der Waals surface area contributed by atoms with Crippen LogP contribution in [0.4, 0.5) is 5.82 Å². The quantitative estimate of drug-likeness (QED) is 0.906. The Labute approximate surface area is 152 Å². The van der Waals surface area contributed by atoms with Crippen molar-refractivity contribution in [1.29, 1.82) is 0 Å². The highest BCUT2D eigenvalue weighted by atomic mass is 16.5. The van der Waals surface area contributed by atoms with Crippen LogP contribution in [0.1, 0.15) is 24.5 Å². The molecule has 4 rings (SSSR count). The standard InChI is InChI=1S/C19H24N4O3/c1-21-9-7-18(20-21)23-8-3-6-16(19(23)25)22-10-11-26-17(13-22)14-4-2-5-15(24)12-14/h2,4-5,7,9,12,16-17,24H,3,6,8,10-11,13H2,1H3. The van der Waals surface area contributed by atoms with Crippen molar-refractivity contribution < 1.29 is 14.6 Å². The molecule has 2 aliphatic heterocycles. The minimum atomic E-state index is -0.144. The maximum atomic E-state index is 13.1. The van der Waals surface area contributed by atoms with Crippen LogP contribution in [0.3, 0.4) is 0 Å². The number of amides is 1. The lowest BCUT2D eigenvalue weighted by atomic mass is 10.00. The minimum absolute atomic E-state index is 0.117. The number of carbonyl (C=O) groups excluding carboxylic acids is 1. The second-order valence-corrected chi connectivity index (χ2v) is 6.94. The first kappa shape index (κ1) is 17.1. The van der Waals surface area contributed by atoms with E-state index in [-0.39, 0.29) is 23.8 Å². The number of carbonyl (C=O) groups is 1. The lowest BCUT2D eigenvalue weighted by Gasteiger charge is -2.41. The van der Waals surface area contributed by atoms with E-state index in [0.29, 0.717) is 19.7 Å². The summed E-state index contributed by atoms with van der Waals surface area (Å²) in [5.74, 6) is 1.07. The highest BCUT2D eigenvalue weighted by Crippen LogP contribution is 2.29. The second-order valence-electron chi connectivity index (χ2n) is 6.94. The Bertz CT molecular complexity index is 791. The summed E-state index contributed by atoms with van der Waals surface area (Å²) >= 11 is 0. The minimum Gasteiger partial charge on any atom is -0.508 e. The first-order chi connectivity index (χ1) is 12.6. The highest BCUT2D eigenvalue weighted by molar-refractivity contribution is 5.97. The Hall–Kier alpha value is -2.38. The zero-order chi connectivity index (χ0) is 18.1. The number of hydrogen-bond acceptors (Lipinski definition) is 5. The molecule has 1 amide bonds. The number of benzene rings is 1. The Morgan fingerprint density at radius 3 is 2.92 bits per heavy atom. The molecular weight excluding hydrogens is 332 g/mol. The summed E-state index contributed by atoms with van der Waals surface area (Å²) in [6.45, 7) is 2.68. The molecule has 138 valence electrons. The van der Waals surface area contributed by atoms with Crippen LogP contribution in [0.5, 0.6) is 5.75 Å². The van der Waals surface area contributed by atoms with E-state index in [1.54, 1.807) is 21.7 Å². The summed E-state index contributed by atoms with van der Waals surface area (Å²) in [6.07, 6.45) is 3.54. The van der Waals surface area contributed by atoms with E-state index in [2.05, 4.69) is 10.00 Å². The molecule has 2 aliphatic rings. The van der Waals surface area contributed by atoms with Gasteiger partial charge in [-0.25, -0.2) is 0 Å². The van der Waals surface area contributed by atoms with Crippen molar-refractivity contribution in [1.82, 2.24) is 14.7 Å². The molecule has 2 atom stereocenters. The molecular formula is C19H24N4O3. The van der Waals surface area contributed by atoms with Crippen molar-refractivity contribution >= 4 is 11.7 Å². The van der Waals surface area contributed by atoms with Crippen LogP contribution in [0.2, 0.25) is 0 Å². The first-order valence-electron chi connectivity index (χ1n) is 9.07. The number of piperidine rings is 1. The van der Waals surface area contributed by atoms with E-state index in [4.69, 9.17) is 4.74 Å². The first-order valence-corrected chi connectivity index (χ1v) is 9.07. The van der Waals surface area contributed by atoms with Crippen LogP contribution in [-0.2, 0) is 16.6 Å². The topological polar surface area (TPSA) is 70.8 Å². The van der Waals surface area contributed by atoms with Gasteiger partial charge < -0.3 is 9.84 Å². The molecule has 3 heterocycles. The van der Waals surface area contributed by atoms with E-state index in [1.165, 1.54) is 0 Å². The Kier molecular flexibility index (Phi) is 4.65. The second kappa shape index (κ2) is 7.09. The molecule has 0 spiro atoms. The number of morpholine rings is 1. The van der Waals surface area contributed by atoms with Crippen LogP contribution in [0, 0.1) is 0 Å². The third kappa shape index (κ3) is 3.32. The molecule has 0 radical (unpaired) electrons. The number of phenols is 1. The van der Waals surface area contributed by atoms with Gasteiger partial charge in [-0.05, 0) is 30.5 Å². The number of anilines is 1. The third-order valence-electron chi connectivity index (χ3n) is 5.17. The van der Waals surface area contributed by atoms with Gasteiger partial charge in [0.1, 0.15) is 5.75 Å². The smallest absolute Gasteiger partial charge is 0.245 e. The lowest BCUT2D eigenvalue weighted by Crippen LogP contribution is -2.55. The van der Waals surface area contributed by atoms with E-state index >= 15 is 0 Å². The van der Waals surface area contributed by atoms with Gasteiger partial charge in [-0.1, -0.05) is 12.1 Å². The molecule has 0 aliphatic carbocycles. The van der Waals surface area contributed by atoms with Gasteiger partial charge in [0.25, 0.3) is 0 Å². The molecule has 26 heavy (non-hydrogen) atoms. The number of aryl methyl sites for hydroxylation is 1. The number of nitrogens with zero attached hydrogens (tertiary/aromatic N) is 4. The largest absolute Gasteiger partial charge is 0.508 e. The average molecular weight is 356 g/mol. The average Bonchev–Trinajstić information content (AvgIpc) is 3.08. The zero-order valence-corrected chi connectivity index (χ0v) is 14.9. The zero-order valence-electron chi connectivity index (χ0n) is 14.9. The van der Waals surface area contributed by atoms with Gasteiger partial charge in [0.15, 0.2) is 5.82 Å². The molecule has 2 unspecified atom stereocenters. The Morgan fingerprint density at radius 1 is 1.27 bits per heavy atom. The molecule has 1 N–H and O–H groups in total. The number of aromatic nitrogens is 2. The molecule has 2 saturated heterocycles. The molecule has 7 heteroatoms. The fourth-order valence-electron chi connectivity index (χ4n) is 3.85. The summed E-state index contributed by atoms with van der Waals surface area (Å²) in [7, 11) is 1.86. The van der Waals surface area contributed by atoms with Gasteiger partial charge in [-0.2, -0.15) is 5.10 Å². The van der Waals surface area contributed by atoms with Crippen LogP contribution < -0.4 is 4.90 Å².